The highest BCUT2D eigenvalue weighted by molar-refractivity contribution is 7.99. The van der Waals surface area contributed by atoms with Gasteiger partial charge in [-0.1, -0.05) is 0 Å². The minimum Gasteiger partial charge on any atom is -0.377 e. The Morgan fingerprint density at radius 3 is 3.20 bits per heavy atom. The highest BCUT2D eigenvalue weighted by Crippen LogP contribution is 2.29. The van der Waals surface area contributed by atoms with Gasteiger partial charge < -0.3 is 10.1 Å². The molecule has 1 aliphatic carbocycles. The maximum atomic E-state index is 5.71. The van der Waals surface area contributed by atoms with Gasteiger partial charge in [0.15, 0.2) is 4.96 Å². The molecular formula is C14H19N3OS2. The van der Waals surface area contributed by atoms with E-state index in [-0.39, 0.29) is 0 Å². The highest BCUT2D eigenvalue weighted by Gasteiger charge is 2.23. The molecule has 20 heavy (non-hydrogen) atoms. The van der Waals surface area contributed by atoms with Crippen molar-refractivity contribution >= 4 is 28.1 Å². The van der Waals surface area contributed by atoms with Crippen LogP contribution in [0.1, 0.15) is 31.4 Å². The van der Waals surface area contributed by atoms with Gasteiger partial charge in [-0.2, -0.15) is 0 Å². The summed E-state index contributed by atoms with van der Waals surface area (Å²) in [7, 11) is 0. The van der Waals surface area contributed by atoms with Crippen LogP contribution in [-0.2, 0) is 11.3 Å². The normalized spacial score (nSPS) is 22.9. The monoisotopic (exact) mass is 309 g/mol. The zero-order chi connectivity index (χ0) is 13.4. The van der Waals surface area contributed by atoms with Gasteiger partial charge in [0, 0.05) is 36.5 Å². The van der Waals surface area contributed by atoms with Gasteiger partial charge in [-0.3, -0.25) is 4.40 Å². The lowest BCUT2D eigenvalue weighted by Gasteiger charge is -2.09. The summed E-state index contributed by atoms with van der Waals surface area (Å²) in [4.78, 5) is 5.88. The average Bonchev–Trinajstić information content (AvgIpc) is 2.89. The molecule has 3 heterocycles. The van der Waals surface area contributed by atoms with E-state index in [0.29, 0.717) is 6.10 Å². The molecule has 1 unspecified atom stereocenters. The lowest BCUT2D eigenvalue weighted by molar-refractivity contribution is 0.129. The van der Waals surface area contributed by atoms with E-state index in [2.05, 4.69) is 21.3 Å². The van der Waals surface area contributed by atoms with Crippen LogP contribution in [0.4, 0.5) is 0 Å². The van der Waals surface area contributed by atoms with Gasteiger partial charge >= 0.3 is 0 Å². The van der Waals surface area contributed by atoms with Crippen LogP contribution in [0.3, 0.4) is 0 Å². The van der Waals surface area contributed by atoms with Crippen LogP contribution in [-0.4, -0.2) is 33.9 Å². The van der Waals surface area contributed by atoms with Gasteiger partial charge in [-0.05, 0) is 25.7 Å². The van der Waals surface area contributed by atoms with Crippen molar-refractivity contribution in [2.75, 3.05) is 12.4 Å². The van der Waals surface area contributed by atoms with Gasteiger partial charge in [0.05, 0.1) is 11.8 Å². The zero-order valence-electron chi connectivity index (χ0n) is 11.4. The Balaban J connectivity index is 1.49. The molecule has 1 saturated carbocycles. The van der Waals surface area contributed by atoms with Crippen molar-refractivity contribution in [1.29, 1.82) is 0 Å². The molecule has 1 saturated heterocycles. The predicted octanol–water partition coefficient (Wildman–Crippen LogP) is 2.92. The van der Waals surface area contributed by atoms with Crippen LogP contribution in [0.15, 0.2) is 16.6 Å². The second kappa shape index (κ2) is 5.67. The Kier molecular flexibility index (Phi) is 3.72. The molecule has 0 bridgehead atoms. The predicted molar refractivity (Wildman–Crippen MR) is 82.6 cm³/mol. The molecule has 1 atom stereocenters. The second-order valence-corrected chi connectivity index (χ2v) is 7.40. The minimum atomic E-state index is 0.420. The molecule has 4 nitrogen and oxygen atoms in total. The van der Waals surface area contributed by atoms with E-state index in [1.54, 1.807) is 11.3 Å². The maximum Gasteiger partial charge on any atom is 0.194 e. The van der Waals surface area contributed by atoms with Crippen molar-refractivity contribution in [3.05, 3.63) is 17.3 Å². The summed E-state index contributed by atoms with van der Waals surface area (Å²) in [6.07, 6.45) is 7.61. The Morgan fingerprint density at radius 2 is 2.40 bits per heavy atom. The maximum absolute atomic E-state index is 5.71. The third-order valence-electron chi connectivity index (χ3n) is 3.89. The fourth-order valence-electron chi connectivity index (χ4n) is 2.57. The number of imidazole rings is 1. The molecule has 108 valence electrons. The van der Waals surface area contributed by atoms with Gasteiger partial charge in [-0.25, -0.2) is 4.98 Å². The molecule has 1 N–H and O–H groups in total. The molecule has 2 aliphatic rings. The third kappa shape index (κ3) is 2.74. The number of nitrogens with zero attached hydrogens (tertiary/aromatic N) is 2. The quantitative estimate of drug-likeness (QED) is 0.833. The second-order valence-electron chi connectivity index (χ2n) is 5.52. The number of ether oxygens (including phenoxy) is 1. The number of hydrogen-bond acceptors (Lipinski definition) is 5. The number of thioether (sulfide) groups is 1. The van der Waals surface area contributed by atoms with Crippen LogP contribution in [0, 0.1) is 0 Å². The molecule has 0 spiro atoms. The van der Waals surface area contributed by atoms with E-state index < -0.39 is 0 Å². The molecule has 2 aromatic rings. The first-order valence-electron chi connectivity index (χ1n) is 7.32. The number of rotatable bonds is 6. The van der Waals surface area contributed by atoms with E-state index in [1.807, 2.05) is 11.8 Å². The summed E-state index contributed by atoms with van der Waals surface area (Å²) in [6.45, 7) is 1.86. The van der Waals surface area contributed by atoms with Crippen molar-refractivity contribution in [3.8, 4) is 0 Å². The molecule has 0 radical (unpaired) electrons. The smallest absolute Gasteiger partial charge is 0.194 e. The van der Waals surface area contributed by atoms with E-state index in [1.165, 1.54) is 36.4 Å². The van der Waals surface area contributed by atoms with E-state index >= 15 is 0 Å². The largest absolute Gasteiger partial charge is 0.377 e. The Labute approximate surface area is 126 Å². The highest BCUT2D eigenvalue weighted by atomic mass is 32.2. The van der Waals surface area contributed by atoms with Gasteiger partial charge in [0.2, 0.25) is 0 Å². The van der Waals surface area contributed by atoms with Crippen molar-refractivity contribution in [3.63, 3.8) is 0 Å². The van der Waals surface area contributed by atoms with Crippen LogP contribution >= 0.6 is 23.1 Å². The summed E-state index contributed by atoms with van der Waals surface area (Å²) in [6, 6.07) is 0.732. The fraction of sp³-hybridized carbons (Fsp3) is 0.643. The number of hydrogen-bond donors (Lipinski definition) is 1. The average molecular weight is 309 g/mol. The summed E-state index contributed by atoms with van der Waals surface area (Å²) >= 11 is 3.57. The Bertz CT molecular complexity index is 584. The molecule has 1 aliphatic heterocycles. The molecule has 6 heteroatoms. The van der Waals surface area contributed by atoms with E-state index in [9.17, 15) is 0 Å². The summed E-state index contributed by atoms with van der Waals surface area (Å²) in [5.74, 6) is 1.03. The molecular weight excluding hydrogens is 290 g/mol. The van der Waals surface area contributed by atoms with E-state index in [4.69, 9.17) is 9.72 Å². The lowest BCUT2D eigenvalue weighted by Crippen LogP contribution is -2.17. The zero-order valence-corrected chi connectivity index (χ0v) is 13.0. The van der Waals surface area contributed by atoms with Gasteiger partial charge in [0.1, 0.15) is 5.03 Å². The van der Waals surface area contributed by atoms with E-state index in [0.717, 1.165) is 29.9 Å². The molecule has 0 amide bonds. The summed E-state index contributed by atoms with van der Waals surface area (Å²) in [5.41, 5.74) is 1.32. The molecule has 0 aromatic carbocycles. The first-order valence-corrected chi connectivity index (χ1v) is 9.19. The van der Waals surface area contributed by atoms with Crippen LogP contribution in [0.2, 0.25) is 0 Å². The summed E-state index contributed by atoms with van der Waals surface area (Å²) < 4.78 is 7.94. The summed E-state index contributed by atoms with van der Waals surface area (Å²) in [5, 5.41) is 6.90. The number of fused-ring (bicyclic) bond motifs is 1. The molecule has 2 fully saturated rings. The van der Waals surface area contributed by atoms with Crippen molar-refractivity contribution in [2.45, 2.75) is 49.4 Å². The minimum absolute atomic E-state index is 0.420. The van der Waals surface area contributed by atoms with Gasteiger partial charge in [0.25, 0.3) is 0 Å². The Hall–Kier alpha value is -0.560. The standard InChI is InChI=1S/C14H19N3OS2/c1-2-11(18-6-1)9-20-13-12(8-15-10-3-4-10)17-5-7-19-14(17)16-13/h5,7,10-11,15H,1-4,6,8-9H2. The third-order valence-corrected chi connectivity index (χ3v) is 5.79. The lowest BCUT2D eigenvalue weighted by atomic mass is 10.3. The number of thiazole rings is 1. The topological polar surface area (TPSA) is 38.6 Å². The first-order chi connectivity index (χ1) is 9.90. The van der Waals surface area contributed by atoms with Crippen molar-refractivity contribution < 1.29 is 4.74 Å². The molecule has 4 rings (SSSR count). The SMILES string of the molecule is c1cn2c(CNC3CC3)c(SCC3CCCO3)nc2s1. The van der Waals surface area contributed by atoms with Crippen molar-refractivity contribution in [1.82, 2.24) is 14.7 Å². The number of nitrogens with one attached hydrogen (secondary N) is 1. The van der Waals surface area contributed by atoms with Crippen LogP contribution in [0.25, 0.3) is 4.96 Å². The fourth-order valence-corrected chi connectivity index (χ4v) is 4.45. The molecule has 2 aromatic heterocycles. The van der Waals surface area contributed by atoms with Crippen LogP contribution in [0.5, 0.6) is 0 Å². The van der Waals surface area contributed by atoms with Gasteiger partial charge in [-0.15, -0.1) is 23.1 Å². The van der Waals surface area contributed by atoms with Crippen molar-refractivity contribution in [2.24, 2.45) is 0 Å². The number of aromatic nitrogens is 2. The van der Waals surface area contributed by atoms with Crippen LogP contribution < -0.4 is 5.32 Å². The Morgan fingerprint density at radius 1 is 1.45 bits per heavy atom. The first kappa shape index (κ1) is 13.1.